The molecule has 4 N–H and O–H groups in total. The van der Waals surface area contributed by atoms with Gasteiger partial charge in [-0.05, 0) is 18.9 Å². The van der Waals surface area contributed by atoms with Gasteiger partial charge in [0.05, 0.1) is 11.8 Å². The summed E-state index contributed by atoms with van der Waals surface area (Å²) in [5.74, 6) is 0.390. The van der Waals surface area contributed by atoms with Gasteiger partial charge in [0.25, 0.3) is 5.91 Å². The predicted octanol–water partition coefficient (Wildman–Crippen LogP) is 1.64. The monoisotopic (exact) mass is 332 g/mol. The third-order valence-electron chi connectivity index (χ3n) is 3.47. The number of hydrogen-bond acceptors (Lipinski definition) is 3. The lowest BCUT2D eigenvalue weighted by molar-refractivity contribution is -0.442. The molecule has 1 aromatic rings. The lowest BCUT2D eigenvalue weighted by Gasteiger charge is -2.10. The van der Waals surface area contributed by atoms with Crippen LogP contribution in [0, 0.1) is 0 Å². The Morgan fingerprint density at radius 2 is 2.19 bits per heavy atom. The number of hydrogen-bond donors (Lipinski definition) is 2. The molecular formula is C14H20Cl2N3O2+. The van der Waals surface area contributed by atoms with Crippen LogP contribution in [0.5, 0.6) is 5.75 Å². The average Bonchev–Trinajstić information content (AvgIpc) is 3.40. The second kappa shape index (κ2) is 6.81. The molecule has 7 heteroatoms. The third kappa shape index (κ3) is 4.73. The SMILES string of the molecule is CCl.[NH3+]C1(COc2cnc(Cl)c(C(=O)NC3CC3)c2)CC1. The van der Waals surface area contributed by atoms with Gasteiger partial charge in [-0.25, -0.2) is 4.98 Å². The first-order valence-electron chi connectivity index (χ1n) is 6.88. The Morgan fingerprint density at radius 3 is 2.76 bits per heavy atom. The van der Waals surface area contributed by atoms with Crippen molar-refractivity contribution in [3.63, 3.8) is 0 Å². The predicted molar refractivity (Wildman–Crippen MR) is 81.9 cm³/mol. The van der Waals surface area contributed by atoms with E-state index in [1.54, 1.807) is 12.3 Å². The number of ether oxygens (including phenoxy) is 1. The minimum atomic E-state index is -0.179. The van der Waals surface area contributed by atoms with Gasteiger partial charge in [0.2, 0.25) is 0 Å². The number of rotatable bonds is 5. The molecule has 0 spiro atoms. The topological polar surface area (TPSA) is 78.9 Å². The van der Waals surface area contributed by atoms with Crippen LogP contribution in [0.2, 0.25) is 5.15 Å². The van der Waals surface area contributed by atoms with E-state index in [0.717, 1.165) is 25.7 Å². The van der Waals surface area contributed by atoms with E-state index in [-0.39, 0.29) is 16.6 Å². The number of carbonyl (C=O) groups excluding carboxylic acids is 1. The summed E-state index contributed by atoms with van der Waals surface area (Å²) in [5.41, 5.74) is 4.50. The molecule has 3 rings (SSSR count). The van der Waals surface area contributed by atoms with Gasteiger partial charge in [-0.3, -0.25) is 4.79 Å². The van der Waals surface area contributed by atoms with Crippen molar-refractivity contribution in [1.29, 1.82) is 0 Å². The van der Waals surface area contributed by atoms with Crippen molar-refractivity contribution in [2.45, 2.75) is 37.3 Å². The first-order chi connectivity index (χ1) is 10.1. The molecule has 1 amide bonds. The smallest absolute Gasteiger partial charge is 0.254 e. The fourth-order valence-corrected chi connectivity index (χ4v) is 1.90. The Bertz CT molecular complexity index is 517. The minimum Gasteiger partial charge on any atom is -0.485 e. The second-order valence-corrected chi connectivity index (χ2v) is 5.90. The number of amides is 1. The van der Waals surface area contributed by atoms with Gasteiger partial charge in [-0.1, -0.05) is 11.6 Å². The van der Waals surface area contributed by atoms with Crippen LogP contribution in [0.1, 0.15) is 36.0 Å². The van der Waals surface area contributed by atoms with Crippen LogP contribution in [-0.2, 0) is 0 Å². The van der Waals surface area contributed by atoms with E-state index in [9.17, 15) is 4.79 Å². The van der Waals surface area contributed by atoms with E-state index in [1.807, 2.05) is 0 Å². The van der Waals surface area contributed by atoms with E-state index in [1.165, 1.54) is 6.38 Å². The molecule has 0 aliphatic heterocycles. The Balaban J connectivity index is 0.000000774. The fourth-order valence-electron chi connectivity index (χ4n) is 1.72. The van der Waals surface area contributed by atoms with Crippen molar-refractivity contribution in [2.75, 3.05) is 13.0 Å². The molecule has 2 saturated carbocycles. The van der Waals surface area contributed by atoms with E-state index in [4.69, 9.17) is 16.3 Å². The summed E-state index contributed by atoms with van der Waals surface area (Å²) < 4.78 is 5.64. The lowest BCUT2D eigenvalue weighted by atomic mass is 10.2. The minimum absolute atomic E-state index is 0.0517. The molecular weight excluding hydrogens is 313 g/mol. The van der Waals surface area contributed by atoms with Crippen molar-refractivity contribution in [3.05, 3.63) is 23.0 Å². The van der Waals surface area contributed by atoms with Gasteiger partial charge < -0.3 is 15.8 Å². The first kappa shape index (κ1) is 16.3. The zero-order valence-electron chi connectivity index (χ0n) is 12.0. The Morgan fingerprint density at radius 1 is 1.52 bits per heavy atom. The summed E-state index contributed by atoms with van der Waals surface area (Å²) in [6, 6.07) is 1.95. The van der Waals surface area contributed by atoms with Gasteiger partial charge >= 0.3 is 0 Å². The summed E-state index contributed by atoms with van der Waals surface area (Å²) in [4.78, 5) is 16.0. The zero-order valence-corrected chi connectivity index (χ0v) is 13.5. The maximum atomic E-state index is 12.0. The van der Waals surface area contributed by atoms with Crippen molar-refractivity contribution in [1.82, 2.24) is 10.3 Å². The number of pyridine rings is 1. The van der Waals surface area contributed by atoms with Gasteiger partial charge in [0, 0.05) is 25.3 Å². The molecule has 5 nitrogen and oxygen atoms in total. The van der Waals surface area contributed by atoms with Crippen molar-refractivity contribution >= 4 is 29.1 Å². The number of nitrogens with zero attached hydrogens (tertiary/aromatic N) is 1. The van der Waals surface area contributed by atoms with E-state index >= 15 is 0 Å². The summed E-state index contributed by atoms with van der Waals surface area (Å²) in [6.45, 7) is 0.556. The normalized spacial score (nSPS) is 18.3. The van der Waals surface area contributed by atoms with E-state index < -0.39 is 0 Å². The van der Waals surface area contributed by atoms with Crippen molar-refractivity contribution in [3.8, 4) is 5.75 Å². The molecule has 1 heterocycles. The van der Waals surface area contributed by atoms with Crippen molar-refractivity contribution in [2.24, 2.45) is 0 Å². The molecule has 0 aromatic carbocycles. The van der Waals surface area contributed by atoms with Crippen LogP contribution in [0.3, 0.4) is 0 Å². The molecule has 0 atom stereocenters. The molecule has 2 aliphatic carbocycles. The Kier molecular flexibility index (Phi) is 5.30. The van der Waals surface area contributed by atoms with E-state index in [2.05, 4.69) is 27.6 Å². The van der Waals surface area contributed by atoms with Gasteiger partial charge in [-0.2, -0.15) is 0 Å². The second-order valence-electron chi connectivity index (χ2n) is 5.55. The van der Waals surface area contributed by atoms with E-state index in [0.29, 0.717) is 24.0 Å². The Hall–Kier alpha value is -1.04. The number of carbonyl (C=O) groups is 1. The number of quaternary nitrogens is 1. The molecule has 0 unspecified atom stereocenters. The molecule has 1 aromatic heterocycles. The van der Waals surface area contributed by atoms with Crippen molar-refractivity contribution < 1.29 is 15.3 Å². The zero-order chi connectivity index (χ0) is 15.5. The average molecular weight is 333 g/mol. The van der Waals surface area contributed by atoms with Crippen LogP contribution >= 0.6 is 23.2 Å². The number of nitrogens with one attached hydrogen (secondary N) is 1. The molecule has 2 aliphatic rings. The molecule has 2 fully saturated rings. The number of alkyl halides is 1. The summed E-state index contributed by atoms with van der Waals surface area (Å²) >= 11 is 10.6. The highest BCUT2D eigenvalue weighted by molar-refractivity contribution is 6.32. The highest BCUT2D eigenvalue weighted by Crippen LogP contribution is 2.31. The van der Waals surface area contributed by atoms with Gasteiger partial charge in [0.1, 0.15) is 23.0 Å². The fraction of sp³-hybridized carbons (Fsp3) is 0.571. The largest absolute Gasteiger partial charge is 0.485 e. The van der Waals surface area contributed by atoms with Crippen LogP contribution in [-0.4, -0.2) is 35.5 Å². The summed E-state index contributed by atoms with van der Waals surface area (Å²) in [6.07, 6.45) is 7.27. The molecule has 0 radical (unpaired) electrons. The quantitative estimate of drug-likeness (QED) is 0.635. The molecule has 0 saturated heterocycles. The molecule has 21 heavy (non-hydrogen) atoms. The number of aromatic nitrogens is 1. The lowest BCUT2D eigenvalue weighted by Crippen LogP contribution is -2.66. The van der Waals surface area contributed by atoms with Crippen LogP contribution in [0.25, 0.3) is 0 Å². The third-order valence-corrected chi connectivity index (χ3v) is 3.77. The Labute approximate surface area is 134 Å². The van der Waals surface area contributed by atoms with Crippen LogP contribution in [0.15, 0.2) is 12.3 Å². The highest BCUT2D eigenvalue weighted by atomic mass is 35.5. The highest BCUT2D eigenvalue weighted by Gasteiger charge is 2.44. The first-order valence-corrected chi connectivity index (χ1v) is 8.01. The van der Waals surface area contributed by atoms with Crippen LogP contribution < -0.4 is 15.8 Å². The standard InChI is InChI=1S/C13H16ClN3O2.CH3Cl/c14-11-10(12(18)17-8-1-2-8)5-9(6-16-11)19-7-13(15)3-4-13;1-2/h5-6,8H,1-4,7,15H2,(H,17,18);1H3/p+1. The summed E-state index contributed by atoms with van der Waals surface area (Å²) in [5, 5.41) is 3.10. The molecule has 116 valence electrons. The number of halogens is 2. The molecule has 0 bridgehead atoms. The summed E-state index contributed by atoms with van der Waals surface area (Å²) in [7, 11) is 0. The van der Waals surface area contributed by atoms with Gasteiger partial charge in [-0.15, -0.1) is 11.6 Å². The maximum absolute atomic E-state index is 12.0. The van der Waals surface area contributed by atoms with Crippen LogP contribution in [0.4, 0.5) is 0 Å². The maximum Gasteiger partial charge on any atom is 0.254 e. The van der Waals surface area contributed by atoms with Gasteiger partial charge in [0.15, 0.2) is 0 Å².